The molecule has 0 spiro atoms. The minimum absolute atomic E-state index is 0.141. The zero-order chi connectivity index (χ0) is 12.0. The third kappa shape index (κ3) is 3.74. The lowest BCUT2D eigenvalue weighted by molar-refractivity contribution is -0.134. The molecule has 0 fully saturated rings. The van der Waals surface area contributed by atoms with Crippen molar-refractivity contribution in [1.82, 2.24) is 0 Å². The van der Waals surface area contributed by atoms with Crippen molar-refractivity contribution in [2.45, 2.75) is 32.6 Å². The Morgan fingerprint density at radius 1 is 1.50 bits per heavy atom. The van der Waals surface area contributed by atoms with Gasteiger partial charge in [-0.25, -0.2) is 0 Å². The van der Waals surface area contributed by atoms with Crippen molar-refractivity contribution in [3.63, 3.8) is 0 Å². The average molecular weight is 217 g/mol. The van der Waals surface area contributed by atoms with Crippen LogP contribution in [-0.4, -0.2) is 5.97 Å². The molecule has 0 aliphatic carbocycles. The molecule has 0 saturated carbocycles. The van der Waals surface area contributed by atoms with Gasteiger partial charge in [0.15, 0.2) is 0 Å². The summed E-state index contributed by atoms with van der Waals surface area (Å²) < 4.78 is 5.12. The first-order valence-corrected chi connectivity index (χ1v) is 5.31. The highest BCUT2D eigenvalue weighted by molar-refractivity contribution is 5.72. The fourth-order valence-electron chi connectivity index (χ4n) is 1.28. The van der Waals surface area contributed by atoms with Gasteiger partial charge < -0.3 is 4.74 Å². The number of carbonyl (C=O) groups excluding carboxylic acids is 1. The van der Waals surface area contributed by atoms with E-state index in [1.165, 1.54) is 0 Å². The Hall–Kier alpha value is -1.82. The van der Waals surface area contributed by atoms with E-state index in [1.54, 1.807) is 6.07 Å². The normalized spacial score (nSPS) is 9.88. The Kier molecular flexibility index (Phi) is 4.53. The summed E-state index contributed by atoms with van der Waals surface area (Å²) in [7, 11) is 0. The van der Waals surface area contributed by atoms with Crippen molar-refractivity contribution in [2.75, 3.05) is 0 Å². The molecule has 0 radical (unpaired) electrons. The van der Waals surface area contributed by atoms with E-state index in [1.807, 2.05) is 24.3 Å². The highest BCUT2D eigenvalue weighted by atomic mass is 16.5. The van der Waals surface area contributed by atoms with Crippen LogP contribution in [0.1, 0.15) is 38.2 Å². The quantitative estimate of drug-likeness (QED) is 0.575. The first-order chi connectivity index (χ1) is 7.63. The molecule has 0 bridgehead atoms. The van der Waals surface area contributed by atoms with Gasteiger partial charge in [-0.15, -0.1) is 0 Å². The zero-order valence-electron chi connectivity index (χ0n) is 9.56. The van der Waals surface area contributed by atoms with E-state index in [2.05, 4.69) is 13.8 Å². The number of esters is 1. The number of nitriles is 1. The fourth-order valence-corrected chi connectivity index (χ4v) is 1.28. The van der Waals surface area contributed by atoms with E-state index in [-0.39, 0.29) is 18.8 Å². The highest BCUT2D eigenvalue weighted by Gasteiger charge is 2.06. The zero-order valence-corrected chi connectivity index (χ0v) is 9.56. The lowest BCUT2D eigenvalue weighted by Gasteiger charge is -2.08. The van der Waals surface area contributed by atoms with Gasteiger partial charge in [0.1, 0.15) is 5.75 Å². The van der Waals surface area contributed by atoms with Crippen molar-refractivity contribution in [3.8, 4) is 11.8 Å². The first-order valence-electron chi connectivity index (χ1n) is 5.31. The maximum atomic E-state index is 11.3. The number of ether oxygens (including phenoxy) is 1. The van der Waals surface area contributed by atoms with Crippen LogP contribution in [0.15, 0.2) is 24.3 Å². The van der Waals surface area contributed by atoms with Crippen molar-refractivity contribution in [3.05, 3.63) is 29.8 Å². The summed E-state index contributed by atoms with van der Waals surface area (Å²) in [6.45, 7) is 4.16. The second-order valence-electron chi connectivity index (χ2n) is 3.86. The van der Waals surface area contributed by atoms with Crippen molar-refractivity contribution in [2.24, 2.45) is 0 Å². The molecule has 0 aliphatic rings. The SMILES string of the molecule is CC(C)c1cccc(OC(=O)CCC#N)c1. The smallest absolute Gasteiger partial charge is 0.312 e. The third-order valence-electron chi connectivity index (χ3n) is 2.20. The molecule has 0 saturated heterocycles. The summed E-state index contributed by atoms with van der Waals surface area (Å²) in [6.07, 6.45) is 0.338. The molecule has 0 amide bonds. The summed E-state index contributed by atoms with van der Waals surface area (Å²) in [5.41, 5.74) is 1.13. The number of rotatable bonds is 4. The van der Waals surface area contributed by atoms with Crippen molar-refractivity contribution >= 4 is 5.97 Å². The molecule has 84 valence electrons. The van der Waals surface area contributed by atoms with E-state index < -0.39 is 0 Å². The van der Waals surface area contributed by atoms with Crippen LogP contribution >= 0.6 is 0 Å². The number of nitrogens with zero attached hydrogens (tertiary/aromatic N) is 1. The Labute approximate surface area is 95.7 Å². The van der Waals surface area contributed by atoms with E-state index in [4.69, 9.17) is 10.00 Å². The number of carbonyl (C=O) groups is 1. The van der Waals surface area contributed by atoms with Gasteiger partial charge in [0.05, 0.1) is 12.5 Å². The minimum Gasteiger partial charge on any atom is -0.426 e. The molecule has 16 heavy (non-hydrogen) atoms. The molecule has 0 aliphatic heterocycles. The van der Waals surface area contributed by atoms with E-state index in [0.717, 1.165) is 5.56 Å². The van der Waals surface area contributed by atoms with Gasteiger partial charge in [-0.3, -0.25) is 4.79 Å². The maximum absolute atomic E-state index is 11.3. The largest absolute Gasteiger partial charge is 0.426 e. The van der Waals surface area contributed by atoms with Crippen LogP contribution in [0, 0.1) is 11.3 Å². The van der Waals surface area contributed by atoms with Gasteiger partial charge in [0, 0.05) is 6.42 Å². The molecule has 0 heterocycles. The van der Waals surface area contributed by atoms with Crippen LogP contribution in [0.2, 0.25) is 0 Å². The summed E-state index contributed by atoms with van der Waals surface area (Å²) in [5.74, 6) is 0.592. The molecule has 0 atom stereocenters. The Morgan fingerprint density at radius 3 is 2.88 bits per heavy atom. The Balaban J connectivity index is 2.64. The van der Waals surface area contributed by atoms with Gasteiger partial charge in [-0.2, -0.15) is 5.26 Å². The standard InChI is InChI=1S/C13H15NO2/c1-10(2)11-5-3-6-12(9-11)16-13(15)7-4-8-14/h3,5-6,9-10H,4,7H2,1-2H3. The van der Waals surface area contributed by atoms with Gasteiger partial charge in [-0.05, 0) is 23.6 Å². The van der Waals surface area contributed by atoms with E-state index in [0.29, 0.717) is 11.7 Å². The predicted molar refractivity (Wildman–Crippen MR) is 61.0 cm³/mol. The van der Waals surface area contributed by atoms with Gasteiger partial charge in [0.25, 0.3) is 0 Å². The third-order valence-corrected chi connectivity index (χ3v) is 2.20. The molecule has 0 N–H and O–H groups in total. The van der Waals surface area contributed by atoms with E-state index >= 15 is 0 Å². The monoisotopic (exact) mass is 217 g/mol. The first kappa shape index (κ1) is 12.3. The predicted octanol–water partition coefficient (Wildman–Crippen LogP) is 3.02. The maximum Gasteiger partial charge on any atom is 0.312 e. The Morgan fingerprint density at radius 2 is 2.25 bits per heavy atom. The summed E-state index contributed by atoms with van der Waals surface area (Å²) in [6, 6.07) is 9.38. The molecule has 0 unspecified atom stereocenters. The molecule has 1 aromatic rings. The molecule has 3 heteroatoms. The highest BCUT2D eigenvalue weighted by Crippen LogP contribution is 2.20. The molecular weight excluding hydrogens is 202 g/mol. The summed E-state index contributed by atoms with van der Waals surface area (Å²) in [5, 5.41) is 8.34. The topological polar surface area (TPSA) is 50.1 Å². The number of hydrogen-bond donors (Lipinski definition) is 0. The van der Waals surface area contributed by atoms with Crippen LogP contribution in [0.5, 0.6) is 5.75 Å². The summed E-state index contributed by atoms with van der Waals surface area (Å²) in [4.78, 5) is 11.3. The lowest BCUT2D eigenvalue weighted by atomic mass is 10.0. The second-order valence-corrected chi connectivity index (χ2v) is 3.86. The lowest BCUT2D eigenvalue weighted by Crippen LogP contribution is -2.07. The second kappa shape index (κ2) is 5.92. The van der Waals surface area contributed by atoms with Gasteiger partial charge in [0.2, 0.25) is 0 Å². The molecule has 0 aromatic heterocycles. The number of benzene rings is 1. The van der Waals surface area contributed by atoms with Crippen molar-refractivity contribution < 1.29 is 9.53 Å². The number of hydrogen-bond acceptors (Lipinski definition) is 3. The molecule has 1 rings (SSSR count). The van der Waals surface area contributed by atoms with Crippen LogP contribution in [-0.2, 0) is 4.79 Å². The minimum atomic E-state index is -0.359. The summed E-state index contributed by atoms with van der Waals surface area (Å²) >= 11 is 0. The van der Waals surface area contributed by atoms with Gasteiger partial charge >= 0.3 is 5.97 Å². The van der Waals surface area contributed by atoms with E-state index in [9.17, 15) is 4.79 Å². The van der Waals surface area contributed by atoms with Crippen LogP contribution in [0.4, 0.5) is 0 Å². The van der Waals surface area contributed by atoms with Crippen molar-refractivity contribution in [1.29, 1.82) is 5.26 Å². The van der Waals surface area contributed by atoms with Crippen LogP contribution < -0.4 is 4.74 Å². The molecular formula is C13H15NO2. The van der Waals surface area contributed by atoms with Crippen LogP contribution in [0.25, 0.3) is 0 Å². The molecule has 3 nitrogen and oxygen atoms in total. The fraction of sp³-hybridized carbons (Fsp3) is 0.385. The van der Waals surface area contributed by atoms with Crippen LogP contribution in [0.3, 0.4) is 0 Å². The average Bonchev–Trinajstić information content (AvgIpc) is 2.26. The molecule has 1 aromatic carbocycles. The Bertz CT molecular complexity index is 405. The van der Waals surface area contributed by atoms with Gasteiger partial charge in [-0.1, -0.05) is 26.0 Å².